The number of pyridine rings is 1. The van der Waals surface area contributed by atoms with E-state index in [9.17, 15) is 5.26 Å². The Morgan fingerprint density at radius 1 is 1.27 bits per heavy atom. The van der Waals surface area contributed by atoms with Crippen molar-refractivity contribution in [1.82, 2.24) is 14.8 Å². The van der Waals surface area contributed by atoms with Crippen LogP contribution in [-0.2, 0) is 13.5 Å². The van der Waals surface area contributed by atoms with Crippen molar-refractivity contribution in [2.45, 2.75) is 39.2 Å². The molecule has 1 aliphatic rings. The zero-order chi connectivity index (χ0) is 21.3. The van der Waals surface area contributed by atoms with E-state index in [1.807, 2.05) is 39.2 Å². The number of nitrogens with one attached hydrogen (secondary N) is 3. The lowest BCUT2D eigenvalue weighted by Crippen LogP contribution is -2.21. The van der Waals surface area contributed by atoms with Gasteiger partial charge in [-0.1, -0.05) is 0 Å². The van der Waals surface area contributed by atoms with Crippen LogP contribution in [0.15, 0.2) is 30.7 Å². The predicted octanol–water partition coefficient (Wildman–Crippen LogP) is 4.53. The first-order valence-corrected chi connectivity index (χ1v) is 10.1. The SMILES string of the molecule is Cc1cc(C=N)c(Nc2cnn(C)c2)cc1N[C@H]1CCCc2c1ncc(C#N)c2C. The van der Waals surface area contributed by atoms with E-state index in [1.165, 1.54) is 11.8 Å². The average molecular weight is 400 g/mol. The van der Waals surface area contributed by atoms with Crippen molar-refractivity contribution in [1.29, 1.82) is 10.7 Å². The van der Waals surface area contributed by atoms with E-state index in [4.69, 9.17) is 5.41 Å². The first kappa shape index (κ1) is 19.6. The van der Waals surface area contributed by atoms with Crippen molar-refractivity contribution >= 4 is 23.3 Å². The van der Waals surface area contributed by atoms with Gasteiger partial charge in [0.2, 0.25) is 0 Å². The van der Waals surface area contributed by atoms with Gasteiger partial charge in [0, 0.05) is 42.6 Å². The van der Waals surface area contributed by atoms with Crippen LogP contribution in [0.4, 0.5) is 17.1 Å². The highest BCUT2D eigenvalue weighted by atomic mass is 15.3. The van der Waals surface area contributed by atoms with Crippen molar-refractivity contribution in [3.8, 4) is 6.07 Å². The molecule has 3 aromatic rings. The fraction of sp³-hybridized carbons (Fsp3) is 0.304. The van der Waals surface area contributed by atoms with E-state index in [0.717, 1.165) is 58.7 Å². The molecule has 0 saturated heterocycles. The topological polar surface area (TPSA) is 102 Å². The zero-order valence-corrected chi connectivity index (χ0v) is 17.5. The van der Waals surface area contributed by atoms with E-state index in [1.54, 1.807) is 17.1 Å². The summed E-state index contributed by atoms with van der Waals surface area (Å²) in [7, 11) is 1.87. The third-order valence-electron chi connectivity index (χ3n) is 5.73. The lowest BCUT2D eigenvalue weighted by Gasteiger charge is -2.28. The number of nitrogens with zero attached hydrogens (tertiary/aromatic N) is 4. The van der Waals surface area contributed by atoms with Crippen LogP contribution in [0.1, 0.15) is 52.4 Å². The number of anilines is 3. The third-order valence-corrected chi connectivity index (χ3v) is 5.73. The molecule has 1 aliphatic carbocycles. The molecule has 1 aromatic carbocycles. The van der Waals surface area contributed by atoms with Crippen LogP contribution in [0.25, 0.3) is 0 Å². The van der Waals surface area contributed by atoms with E-state index < -0.39 is 0 Å². The predicted molar refractivity (Wildman–Crippen MR) is 119 cm³/mol. The Kier molecular flexibility index (Phi) is 5.23. The molecule has 7 heteroatoms. The minimum absolute atomic E-state index is 0.0935. The van der Waals surface area contributed by atoms with Crippen LogP contribution in [0, 0.1) is 30.6 Å². The van der Waals surface area contributed by atoms with Crippen LogP contribution in [0.5, 0.6) is 0 Å². The first-order chi connectivity index (χ1) is 14.5. The molecule has 0 spiro atoms. The minimum Gasteiger partial charge on any atom is -0.376 e. The van der Waals surface area contributed by atoms with E-state index >= 15 is 0 Å². The van der Waals surface area contributed by atoms with Gasteiger partial charge in [0.15, 0.2) is 0 Å². The van der Waals surface area contributed by atoms with Crippen molar-refractivity contribution in [3.63, 3.8) is 0 Å². The first-order valence-electron chi connectivity index (χ1n) is 10.1. The molecule has 4 rings (SSSR count). The molecule has 2 aromatic heterocycles. The summed E-state index contributed by atoms with van der Waals surface area (Å²) in [5, 5.41) is 28.4. The Morgan fingerprint density at radius 2 is 2.10 bits per heavy atom. The lowest BCUT2D eigenvalue weighted by atomic mass is 9.87. The Balaban J connectivity index is 1.67. The normalized spacial score (nSPS) is 15.2. The fourth-order valence-corrected chi connectivity index (χ4v) is 4.09. The zero-order valence-electron chi connectivity index (χ0n) is 17.5. The van der Waals surface area contributed by atoms with Crippen LogP contribution < -0.4 is 10.6 Å². The van der Waals surface area contributed by atoms with Gasteiger partial charge in [-0.3, -0.25) is 9.67 Å². The van der Waals surface area contributed by atoms with Crippen LogP contribution >= 0.6 is 0 Å². The Labute approximate surface area is 176 Å². The van der Waals surface area contributed by atoms with Crippen LogP contribution in [0.2, 0.25) is 0 Å². The summed E-state index contributed by atoms with van der Waals surface area (Å²) in [5.74, 6) is 0. The van der Waals surface area contributed by atoms with Gasteiger partial charge >= 0.3 is 0 Å². The van der Waals surface area contributed by atoms with Crippen molar-refractivity contribution in [3.05, 3.63) is 64.2 Å². The summed E-state index contributed by atoms with van der Waals surface area (Å²) in [5.41, 5.74) is 8.56. The third kappa shape index (κ3) is 3.64. The number of aromatic nitrogens is 3. The van der Waals surface area contributed by atoms with E-state index in [-0.39, 0.29) is 6.04 Å². The largest absolute Gasteiger partial charge is 0.376 e. The summed E-state index contributed by atoms with van der Waals surface area (Å²) in [4.78, 5) is 4.64. The molecule has 0 amide bonds. The van der Waals surface area contributed by atoms with Gasteiger partial charge in [-0.2, -0.15) is 10.4 Å². The van der Waals surface area contributed by atoms with Crippen LogP contribution in [0.3, 0.4) is 0 Å². The highest BCUT2D eigenvalue weighted by Crippen LogP contribution is 2.36. The van der Waals surface area contributed by atoms with E-state index in [2.05, 4.69) is 26.8 Å². The molecule has 152 valence electrons. The smallest absolute Gasteiger partial charge is 0.101 e. The van der Waals surface area contributed by atoms with E-state index in [0.29, 0.717) is 5.56 Å². The van der Waals surface area contributed by atoms with Gasteiger partial charge in [-0.15, -0.1) is 0 Å². The quantitative estimate of drug-likeness (QED) is 0.547. The Morgan fingerprint density at radius 3 is 2.80 bits per heavy atom. The van der Waals surface area contributed by atoms with Gasteiger partial charge in [-0.05, 0) is 61.9 Å². The molecule has 0 saturated carbocycles. The van der Waals surface area contributed by atoms with Gasteiger partial charge in [0.25, 0.3) is 0 Å². The molecule has 0 radical (unpaired) electrons. The average Bonchev–Trinajstić information content (AvgIpc) is 3.15. The number of hydrogen-bond donors (Lipinski definition) is 3. The number of aryl methyl sites for hydroxylation is 2. The highest BCUT2D eigenvalue weighted by molar-refractivity contribution is 5.89. The molecular formula is C23H25N7. The second-order valence-electron chi connectivity index (χ2n) is 7.79. The number of benzene rings is 1. The molecule has 30 heavy (non-hydrogen) atoms. The summed E-state index contributed by atoms with van der Waals surface area (Å²) in [6, 6.07) is 6.40. The molecule has 0 aliphatic heterocycles. The van der Waals surface area contributed by atoms with Crippen molar-refractivity contribution in [2.75, 3.05) is 10.6 Å². The van der Waals surface area contributed by atoms with Gasteiger partial charge in [-0.25, -0.2) is 0 Å². The highest BCUT2D eigenvalue weighted by Gasteiger charge is 2.25. The summed E-state index contributed by atoms with van der Waals surface area (Å²) in [6.45, 7) is 4.06. The van der Waals surface area contributed by atoms with Crippen molar-refractivity contribution < 1.29 is 0 Å². The summed E-state index contributed by atoms with van der Waals surface area (Å²) >= 11 is 0. The minimum atomic E-state index is 0.0935. The Hall–Kier alpha value is -3.66. The number of hydrogen-bond acceptors (Lipinski definition) is 6. The maximum Gasteiger partial charge on any atom is 0.101 e. The fourth-order valence-electron chi connectivity index (χ4n) is 4.09. The standard InChI is InChI=1S/C23H25N7/c1-14-7-16(9-24)22(28-18-12-27-30(3)13-18)8-21(14)29-20-6-4-5-19-15(2)17(10-25)11-26-23(19)20/h7-9,11-13,20,24,28-29H,4-6H2,1-3H3/t20-/m0/s1. The summed E-state index contributed by atoms with van der Waals surface area (Å²) in [6.07, 6.45) is 9.72. The molecule has 0 bridgehead atoms. The molecule has 3 N–H and O–H groups in total. The molecule has 0 unspecified atom stereocenters. The maximum atomic E-state index is 9.32. The van der Waals surface area contributed by atoms with Gasteiger partial charge < -0.3 is 16.0 Å². The number of nitriles is 1. The number of fused-ring (bicyclic) bond motifs is 1. The lowest BCUT2D eigenvalue weighted by molar-refractivity contribution is 0.580. The monoisotopic (exact) mass is 399 g/mol. The molecular weight excluding hydrogens is 374 g/mol. The van der Waals surface area contributed by atoms with Crippen LogP contribution in [-0.4, -0.2) is 21.0 Å². The Bertz CT molecular complexity index is 1150. The second kappa shape index (κ2) is 7.99. The molecule has 2 heterocycles. The molecule has 0 fully saturated rings. The second-order valence-corrected chi connectivity index (χ2v) is 7.79. The van der Waals surface area contributed by atoms with Gasteiger partial charge in [0.1, 0.15) is 6.07 Å². The maximum absolute atomic E-state index is 9.32. The molecule has 1 atom stereocenters. The molecule has 7 nitrogen and oxygen atoms in total. The number of rotatable bonds is 5. The van der Waals surface area contributed by atoms with Gasteiger partial charge in [0.05, 0.1) is 29.2 Å². The van der Waals surface area contributed by atoms with Crippen molar-refractivity contribution in [2.24, 2.45) is 7.05 Å². The summed E-state index contributed by atoms with van der Waals surface area (Å²) < 4.78 is 1.74.